The van der Waals surface area contributed by atoms with Crippen molar-refractivity contribution in [2.24, 2.45) is 5.92 Å². The quantitative estimate of drug-likeness (QED) is 0.847. The van der Waals surface area contributed by atoms with Gasteiger partial charge < -0.3 is 10.1 Å². The zero-order valence-corrected chi connectivity index (χ0v) is 11.2. The molecule has 0 fully saturated rings. The van der Waals surface area contributed by atoms with E-state index >= 15 is 0 Å². The minimum Gasteiger partial charge on any atom is -0.383 e. The van der Waals surface area contributed by atoms with Gasteiger partial charge in [0.25, 0.3) is 0 Å². The number of halogens is 2. The molecule has 0 aliphatic rings. The van der Waals surface area contributed by atoms with Crippen LogP contribution in [-0.2, 0) is 11.3 Å². The van der Waals surface area contributed by atoms with E-state index in [4.69, 9.17) is 16.3 Å². The van der Waals surface area contributed by atoms with Crippen molar-refractivity contribution in [2.45, 2.75) is 26.4 Å². The fourth-order valence-electron chi connectivity index (χ4n) is 1.59. The first-order valence-corrected chi connectivity index (χ1v) is 6.09. The second-order valence-electron chi connectivity index (χ2n) is 4.40. The van der Waals surface area contributed by atoms with E-state index in [0.29, 0.717) is 24.6 Å². The van der Waals surface area contributed by atoms with Gasteiger partial charge in [-0.05, 0) is 12.0 Å². The lowest BCUT2D eigenvalue weighted by Crippen LogP contribution is -2.37. The van der Waals surface area contributed by atoms with E-state index in [0.717, 1.165) is 0 Å². The van der Waals surface area contributed by atoms with Gasteiger partial charge in [-0.25, -0.2) is 4.39 Å². The molecule has 4 heteroatoms. The standard InChI is InChI=1S/C13H19ClFNO/c1-9(2)12(8-17-3)16-7-10-5-4-6-11(14)13(10)15/h4-6,9,12,16H,7-8H2,1-3H3. The fraction of sp³-hybridized carbons (Fsp3) is 0.538. The molecule has 1 N–H and O–H groups in total. The highest BCUT2D eigenvalue weighted by atomic mass is 35.5. The highest BCUT2D eigenvalue weighted by molar-refractivity contribution is 6.30. The number of rotatable bonds is 6. The van der Waals surface area contributed by atoms with Crippen LogP contribution >= 0.6 is 11.6 Å². The lowest BCUT2D eigenvalue weighted by molar-refractivity contribution is 0.146. The van der Waals surface area contributed by atoms with Gasteiger partial charge in [0.2, 0.25) is 0 Å². The molecule has 0 radical (unpaired) electrons. The van der Waals surface area contributed by atoms with Crippen LogP contribution < -0.4 is 5.32 Å². The van der Waals surface area contributed by atoms with Crippen molar-refractivity contribution in [1.29, 1.82) is 0 Å². The number of hydrogen-bond donors (Lipinski definition) is 1. The predicted octanol–water partition coefficient (Wildman–Crippen LogP) is 3.24. The van der Waals surface area contributed by atoms with Gasteiger partial charge in [0, 0.05) is 25.3 Å². The SMILES string of the molecule is COCC(NCc1cccc(Cl)c1F)C(C)C. The van der Waals surface area contributed by atoms with Gasteiger partial charge in [0.05, 0.1) is 11.6 Å². The molecule has 0 aliphatic carbocycles. The van der Waals surface area contributed by atoms with Crippen molar-refractivity contribution >= 4 is 11.6 Å². The summed E-state index contributed by atoms with van der Waals surface area (Å²) < 4.78 is 18.8. The summed E-state index contributed by atoms with van der Waals surface area (Å²) in [5, 5.41) is 3.44. The molecule has 17 heavy (non-hydrogen) atoms. The highest BCUT2D eigenvalue weighted by Crippen LogP contribution is 2.18. The van der Waals surface area contributed by atoms with E-state index in [1.807, 2.05) is 0 Å². The molecule has 2 nitrogen and oxygen atoms in total. The van der Waals surface area contributed by atoms with Gasteiger partial charge in [-0.15, -0.1) is 0 Å². The molecule has 1 rings (SSSR count). The van der Waals surface area contributed by atoms with E-state index in [2.05, 4.69) is 19.2 Å². The maximum atomic E-state index is 13.6. The second-order valence-corrected chi connectivity index (χ2v) is 4.81. The third-order valence-electron chi connectivity index (χ3n) is 2.74. The molecule has 0 spiro atoms. The Morgan fingerprint density at radius 3 is 2.71 bits per heavy atom. The van der Waals surface area contributed by atoms with Crippen LogP contribution in [0.5, 0.6) is 0 Å². The molecule has 0 saturated heterocycles. The van der Waals surface area contributed by atoms with Crippen LogP contribution in [0.4, 0.5) is 4.39 Å². The second kappa shape index (κ2) is 6.94. The number of hydrogen-bond acceptors (Lipinski definition) is 2. The lowest BCUT2D eigenvalue weighted by Gasteiger charge is -2.21. The maximum absolute atomic E-state index is 13.6. The third kappa shape index (κ3) is 4.26. The summed E-state index contributed by atoms with van der Waals surface area (Å²) in [6.07, 6.45) is 0. The van der Waals surface area contributed by atoms with Crippen molar-refractivity contribution in [3.05, 3.63) is 34.6 Å². The van der Waals surface area contributed by atoms with Crippen molar-refractivity contribution in [2.75, 3.05) is 13.7 Å². The highest BCUT2D eigenvalue weighted by Gasteiger charge is 2.13. The topological polar surface area (TPSA) is 21.3 Å². The normalized spacial score (nSPS) is 13.1. The Labute approximate surface area is 107 Å². The van der Waals surface area contributed by atoms with E-state index in [-0.39, 0.29) is 16.9 Å². The maximum Gasteiger partial charge on any atom is 0.146 e. The van der Waals surface area contributed by atoms with E-state index < -0.39 is 0 Å². The number of methoxy groups -OCH3 is 1. The minimum absolute atomic E-state index is 0.164. The van der Waals surface area contributed by atoms with E-state index in [9.17, 15) is 4.39 Å². The smallest absolute Gasteiger partial charge is 0.146 e. The van der Waals surface area contributed by atoms with Gasteiger partial charge in [-0.1, -0.05) is 37.6 Å². The predicted molar refractivity (Wildman–Crippen MR) is 68.8 cm³/mol. The number of nitrogens with one attached hydrogen (secondary N) is 1. The first kappa shape index (κ1) is 14.4. The van der Waals surface area contributed by atoms with Gasteiger partial charge in [0.15, 0.2) is 0 Å². The Morgan fingerprint density at radius 1 is 1.41 bits per heavy atom. The van der Waals surface area contributed by atoms with Crippen LogP contribution in [0.15, 0.2) is 18.2 Å². The van der Waals surface area contributed by atoms with Crippen LogP contribution in [0.2, 0.25) is 5.02 Å². The van der Waals surface area contributed by atoms with Crippen molar-refractivity contribution in [3.8, 4) is 0 Å². The van der Waals surface area contributed by atoms with Crippen LogP contribution in [-0.4, -0.2) is 19.8 Å². The summed E-state index contributed by atoms with van der Waals surface area (Å²) >= 11 is 5.73. The van der Waals surface area contributed by atoms with Gasteiger partial charge in [0.1, 0.15) is 5.82 Å². The molecule has 0 aromatic heterocycles. The Balaban J connectivity index is 2.62. The van der Waals surface area contributed by atoms with Crippen LogP contribution in [0, 0.1) is 11.7 Å². The van der Waals surface area contributed by atoms with Crippen molar-refractivity contribution in [3.63, 3.8) is 0 Å². The molecule has 0 heterocycles. The molecule has 0 bridgehead atoms. The molecule has 0 saturated carbocycles. The molecule has 96 valence electrons. The summed E-state index contributed by atoms with van der Waals surface area (Å²) in [6, 6.07) is 5.25. The number of ether oxygens (including phenoxy) is 1. The molecular weight excluding hydrogens is 241 g/mol. The molecule has 1 aromatic rings. The molecule has 1 unspecified atom stereocenters. The summed E-state index contributed by atoms with van der Waals surface area (Å²) in [6.45, 7) is 5.27. The first-order chi connectivity index (χ1) is 8.06. The minimum atomic E-state index is -0.346. The van der Waals surface area contributed by atoms with Crippen LogP contribution in [0.25, 0.3) is 0 Å². The molecule has 0 aliphatic heterocycles. The first-order valence-electron chi connectivity index (χ1n) is 5.71. The third-order valence-corrected chi connectivity index (χ3v) is 3.03. The lowest BCUT2D eigenvalue weighted by atomic mass is 10.0. The molecule has 1 aromatic carbocycles. The average molecular weight is 260 g/mol. The van der Waals surface area contributed by atoms with Gasteiger partial charge in [-0.3, -0.25) is 0 Å². The summed E-state index contributed by atoms with van der Waals surface area (Å²) in [5.74, 6) is 0.0822. The summed E-state index contributed by atoms with van der Waals surface area (Å²) in [4.78, 5) is 0. The van der Waals surface area contributed by atoms with Crippen LogP contribution in [0.3, 0.4) is 0 Å². The largest absolute Gasteiger partial charge is 0.383 e. The molecule has 1 atom stereocenters. The van der Waals surface area contributed by atoms with Crippen molar-refractivity contribution in [1.82, 2.24) is 5.32 Å². The summed E-state index contributed by atoms with van der Waals surface area (Å²) in [7, 11) is 1.66. The Bertz CT molecular complexity index is 357. The average Bonchev–Trinajstić information content (AvgIpc) is 2.29. The van der Waals surface area contributed by atoms with Crippen LogP contribution in [0.1, 0.15) is 19.4 Å². The Morgan fingerprint density at radius 2 is 2.12 bits per heavy atom. The van der Waals surface area contributed by atoms with E-state index in [1.165, 1.54) is 0 Å². The summed E-state index contributed by atoms with van der Waals surface area (Å²) in [5.41, 5.74) is 0.583. The monoisotopic (exact) mass is 259 g/mol. The molecular formula is C13H19ClFNO. The van der Waals surface area contributed by atoms with Gasteiger partial charge in [-0.2, -0.15) is 0 Å². The Kier molecular flexibility index (Phi) is 5.89. The Hall–Kier alpha value is -0.640. The van der Waals surface area contributed by atoms with E-state index in [1.54, 1.807) is 25.3 Å². The molecule has 0 amide bonds. The fourth-order valence-corrected chi connectivity index (χ4v) is 1.79. The number of benzene rings is 1. The zero-order valence-electron chi connectivity index (χ0n) is 10.5. The van der Waals surface area contributed by atoms with Gasteiger partial charge >= 0.3 is 0 Å². The zero-order chi connectivity index (χ0) is 12.8. The van der Waals surface area contributed by atoms with Crippen molar-refractivity contribution < 1.29 is 9.13 Å².